The largest absolute Gasteiger partial charge is 0.459 e. The lowest BCUT2D eigenvalue weighted by Crippen LogP contribution is -2.46. The zero-order valence-electron chi connectivity index (χ0n) is 12.8. The van der Waals surface area contributed by atoms with Crippen molar-refractivity contribution in [3.63, 3.8) is 0 Å². The quantitative estimate of drug-likeness (QED) is 0.838. The molecule has 23 heavy (non-hydrogen) atoms. The molecule has 3 rings (SSSR count). The summed E-state index contributed by atoms with van der Waals surface area (Å²) in [6.07, 6.45) is 1.22. The summed E-state index contributed by atoms with van der Waals surface area (Å²) in [7, 11) is 0. The average Bonchev–Trinajstić information content (AvgIpc) is 3.02. The van der Waals surface area contributed by atoms with E-state index >= 15 is 0 Å². The molecular formula is C16H18N2O4S. The normalized spacial score (nSPS) is 26.2. The van der Waals surface area contributed by atoms with E-state index in [1.54, 1.807) is 40.9 Å². The molecule has 2 heterocycles. The third-order valence-electron chi connectivity index (χ3n) is 4.37. The number of nitrogens with two attached hydrogens (primary N) is 1. The summed E-state index contributed by atoms with van der Waals surface area (Å²) in [6.45, 7) is 1.95. The first-order valence-electron chi connectivity index (χ1n) is 7.43. The van der Waals surface area contributed by atoms with Crippen LogP contribution in [-0.4, -0.2) is 39.3 Å². The molecule has 2 aliphatic heterocycles. The Morgan fingerprint density at radius 2 is 2.17 bits per heavy atom. The molecule has 2 atom stereocenters. The predicted octanol–water partition coefficient (Wildman–Crippen LogP) is 1.28. The summed E-state index contributed by atoms with van der Waals surface area (Å²) in [6, 6.07) is 6.19. The molecule has 0 aliphatic carbocycles. The van der Waals surface area contributed by atoms with Crippen LogP contribution in [-0.2, 0) is 20.9 Å². The highest BCUT2D eigenvalue weighted by atomic mass is 32.2. The Hall–Kier alpha value is -2.02. The van der Waals surface area contributed by atoms with Gasteiger partial charge in [-0.3, -0.25) is 9.59 Å². The summed E-state index contributed by atoms with van der Waals surface area (Å²) >= 11 is 1.62. The second-order valence-electron chi connectivity index (χ2n) is 5.89. The minimum atomic E-state index is -0.560. The predicted molar refractivity (Wildman–Crippen MR) is 85.5 cm³/mol. The van der Waals surface area contributed by atoms with Gasteiger partial charge < -0.3 is 15.4 Å². The van der Waals surface area contributed by atoms with Gasteiger partial charge in [0.15, 0.2) is 0 Å². The summed E-state index contributed by atoms with van der Waals surface area (Å²) in [4.78, 5) is 37.2. The Morgan fingerprint density at radius 3 is 2.91 bits per heavy atom. The first kappa shape index (κ1) is 15.9. The molecule has 0 unspecified atom stereocenters. The molecule has 0 bridgehead atoms. The van der Waals surface area contributed by atoms with Gasteiger partial charge in [0.05, 0.1) is 4.87 Å². The maximum Gasteiger partial charge on any atom is 0.330 e. The Morgan fingerprint density at radius 1 is 1.43 bits per heavy atom. The van der Waals surface area contributed by atoms with Crippen LogP contribution in [0.2, 0.25) is 0 Å². The number of ether oxygens (including phenoxy) is 1. The van der Waals surface area contributed by atoms with Gasteiger partial charge >= 0.3 is 5.97 Å². The molecule has 6 nitrogen and oxygen atoms in total. The Kier molecular flexibility index (Phi) is 4.06. The number of thioether (sulfide) groups is 1. The number of hydrogen-bond donors (Lipinski definition) is 1. The zero-order valence-corrected chi connectivity index (χ0v) is 13.6. The molecule has 1 aromatic carbocycles. The number of primary amides is 1. The number of fused-ring (bicyclic) bond motifs is 1. The zero-order chi connectivity index (χ0) is 16.6. The highest BCUT2D eigenvalue weighted by Gasteiger charge is 2.53. The third-order valence-corrected chi connectivity index (χ3v) is 5.87. The number of hydrogen-bond acceptors (Lipinski definition) is 5. The van der Waals surface area contributed by atoms with E-state index in [2.05, 4.69) is 0 Å². The molecule has 2 saturated heterocycles. The van der Waals surface area contributed by atoms with E-state index in [-0.39, 0.29) is 17.4 Å². The number of esters is 1. The van der Waals surface area contributed by atoms with E-state index in [0.29, 0.717) is 23.3 Å². The van der Waals surface area contributed by atoms with Gasteiger partial charge in [0, 0.05) is 23.3 Å². The van der Waals surface area contributed by atoms with Crippen molar-refractivity contribution in [1.29, 1.82) is 0 Å². The fourth-order valence-corrected chi connectivity index (χ4v) is 4.54. The van der Waals surface area contributed by atoms with Crippen molar-refractivity contribution in [2.24, 2.45) is 5.73 Å². The van der Waals surface area contributed by atoms with Gasteiger partial charge in [-0.15, -0.1) is 11.8 Å². The molecule has 2 N–H and O–H groups in total. The first-order valence-corrected chi connectivity index (χ1v) is 8.41. The van der Waals surface area contributed by atoms with Crippen molar-refractivity contribution in [2.75, 3.05) is 5.75 Å². The average molecular weight is 334 g/mol. The van der Waals surface area contributed by atoms with Crippen LogP contribution in [0.5, 0.6) is 0 Å². The summed E-state index contributed by atoms with van der Waals surface area (Å²) < 4.78 is 5.35. The van der Waals surface area contributed by atoms with E-state index in [9.17, 15) is 14.4 Å². The molecular weight excluding hydrogens is 316 g/mol. The molecule has 0 spiro atoms. The van der Waals surface area contributed by atoms with Crippen LogP contribution in [0, 0.1) is 0 Å². The van der Waals surface area contributed by atoms with Crippen LogP contribution in [0.3, 0.4) is 0 Å². The van der Waals surface area contributed by atoms with E-state index in [0.717, 1.165) is 6.42 Å². The number of carbonyl (C=O) groups is 3. The fourth-order valence-electron chi connectivity index (χ4n) is 3.13. The van der Waals surface area contributed by atoms with Crippen LogP contribution in [0.4, 0.5) is 0 Å². The molecule has 7 heteroatoms. The Bertz CT molecular complexity index is 678. The van der Waals surface area contributed by atoms with E-state index in [4.69, 9.17) is 10.5 Å². The highest BCUT2D eigenvalue weighted by Crippen LogP contribution is 2.47. The molecule has 0 radical (unpaired) electrons. The van der Waals surface area contributed by atoms with Crippen molar-refractivity contribution in [2.45, 2.75) is 37.3 Å². The summed E-state index contributed by atoms with van der Waals surface area (Å²) in [5.74, 6) is -0.457. The van der Waals surface area contributed by atoms with E-state index < -0.39 is 17.9 Å². The number of rotatable bonds is 4. The second kappa shape index (κ2) is 5.88. The van der Waals surface area contributed by atoms with Gasteiger partial charge in [0.2, 0.25) is 11.8 Å². The van der Waals surface area contributed by atoms with Crippen LogP contribution < -0.4 is 5.73 Å². The number of nitrogens with zero attached hydrogens (tertiary/aromatic N) is 1. The van der Waals surface area contributed by atoms with Crippen LogP contribution in [0.15, 0.2) is 24.3 Å². The van der Waals surface area contributed by atoms with E-state index in [1.807, 2.05) is 6.92 Å². The van der Waals surface area contributed by atoms with Gasteiger partial charge in [0.1, 0.15) is 12.6 Å². The third kappa shape index (κ3) is 2.81. The van der Waals surface area contributed by atoms with Gasteiger partial charge in [-0.05, 0) is 19.4 Å². The lowest BCUT2D eigenvalue weighted by molar-refractivity contribution is -0.154. The van der Waals surface area contributed by atoms with Gasteiger partial charge in [-0.25, -0.2) is 4.79 Å². The van der Waals surface area contributed by atoms with Crippen molar-refractivity contribution in [1.82, 2.24) is 4.90 Å². The SMILES string of the molecule is C[C@]12CCC(=O)N1[C@@H](C(=O)OCc1ccccc1C(N)=O)CS2. The topological polar surface area (TPSA) is 89.7 Å². The lowest BCUT2D eigenvalue weighted by atomic mass is 10.1. The van der Waals surface area contributed by atoms with Crippen molar-refractivity contribution < 1.29 is 19.1 Å². The van der Waals surface area contributed by atoms with Crippen LogP contribution >= 0.6 is 11.8 Å². The first-order chi connectivity index (χ1) is 10.9. The van der Waals surface area contributed by atoms with Crippen molar-refractivity contribution >= 4 is 29.5 Å². The monoisotopic (exact) mass is 334 g/mol. The minimum Gasteiger partial charge on any atom is -0.459 e. The lowest BCUT2D eigenvalue weighted by Gasteiger charge is -2.29. The molecule has 122 valence electrons. The second-order valence-corrected chi connectivity index (χ2v) is 7.40. The minimum absolute atomic E-state index is 0.00279. The molecule has 2 fully saturated rings. The van der Waals surface area contributed by atoms with Gasteiger partial charge in [-0.2, -0.15) is 0 Å². The molecule has 0 aromatic heterocycles. The smallest absolute Gasteiger partial charge is 0.330 e. The molecule has 1 aromatic rings. The molecule has 2 amide bonds. The molecule has 2 aliphatic rings. The number of benzene rings is 1. The fraction of sp³-hybridized carbons (Fsp3) is 0.438. The van der Waals surface area contributed by atoms with Crippen LogP contribution in [0.25, 0.3) is 0 Å². The van der Waals surface area contributed by atoms with Gasteiger partial charge in [0.25, 0.3) is 0 Å². The summed E-state index contributed by atoms with van der Waals surface area (Å²) in [5, 5.41) is 0. The van der Waals surface area contributed by atoms with Gasteiger partial charge in [-0.1, -0.05) is 18.2 Å². The standard InChI is InChI=1S/C16H18N2O4S/c1-16-7-6-13(19)18(16)12(9-23-16)15(21)22-8-10-4-2-3-5-11(10)14(17)20/h2-5,12H,6-9H2,1H3,(H2,17,20)/t12-,16+/m1/s1. The van der Waals surface area contributed by atoms with Crippen molar-refractivity contribution in [3.05, 3.63) is 35.4 Å². The molecule has 0 saturated carbocycles. The number of carbonyl (C=O) groups excluding carboxylic acids is 3. The Labute approximate surface area is 138 Å². The summed E-state index contributed by atoms with van der Waals surface area (Å²) in [5.41, 5.74) is 6.21. The van der Waals surface area contributed by atoms with Crippen LogP contribution in [0.1, 0.15) is 35.7 Å². The highest BCUT2D eigenvalue weighted by molar-refractivity contribution is 8.01. The maximum absolute atomic E-state index is 12.4. The van der Waals surface area contributed by atoms with Crippen molar-refractivity contribution in [3.8, 4) is 0 Å². The van der Waals surface area contributed by atoms with E-state index in [1.165, 1.54) is 0 Å². The number of amides is 2. The Balaban J connectivity index is 1.69. The maximum atomic E-state index is 12.4.